The number of rotatable bonds is 11. The Morgan fingerprint density at radius 3 is 1.56 bits per heavy atom. The molecule has 0 radical (unpaired) electrons. The zero-order valence-corrected chi connectivity index (χ0v) is 20.5. The number of aliphatic carboxylic acids is 1. The summed E-state index contributed by atoms with van der Waals surface area (Å²) in [5, 5.41) is 8.94. The third-order valence-corrected chi connectivity index (χ3v) is 5.49. The van der Waals surface area contributed by atoms with Gasteiger partial charge in [-0.1, -0.05) is 12.2 Å². The molecule has 2 unspecified atom stereocenters. The molecule has 2 saturated heterocycles. The number of hydrogen-bond donors (Lipinski definition) is 1. The van der Waals surface area contributed by atoms with E-state index in [1.807, 2.05) is 0 Å². The number of carboxylic acid groups (broad SMARTS) is 1. The molecule has 0 aromatic heterocycles. The molecule has 0 amide bonds. The van der Waals surface area contributed by atoms with Crippen molar-refractivity contribution in [2.75, 3.05) is 33.0 Å². The average Bonchev–Trinajstić information content (AvgIpc) is 2.70. The van der Waals surface area contributed by atoms with Gasteiger partial charge in [-0.05, 0) is 34.6 Å². The fraction of sp³-hybridized carbons (Fsp3) is 0.667. The summed E-state index contributed by atoms with van der Waals surface area (Å²) in [5.41, 5.74) is -1.70. The summed E-state index contributed by atoms with van der Waals surface area (Å²) in [6, 6.07) is 0. The zero-order valence-electron chi connectivity index (χ0n) is 20.5. The topological polar surface area (TPSA) is 135 Å². The van der Waals surface area contributed by atoms with Gasteiger partial charge in [-0.3, -0.25) is 9.59 Å². The summed E-state index contributed by atoms with van der Waals surface area (Å²) in [6.07, 6.45) is 0.922. The molecule has 0 aromatic carbocycles. The normalized spacial score (nSPS) is 17.9. The molecule has 2 aliphatic heterocycles. The van der Waals surface area contributed by atoms with Crippen LogP contribution in [0.4, 0.5) is 0 Å². The molecular formula is C24H36O10. The predicted octanol–water partition coefficient (Wildman–Crippen LogP) is 2.16. The third kappa shape index (κ3) is 7.95. The van der Waals surface area contributed by atoms with Crippen molar-refractivity contribution < 1.29 is 48.0 Å². The summed E-state index contributed by atoms with van der Waals surface area (Å²) in [5.74, 6) is -3.08. The van der Waals surface area contributed by atoms with Gasteiger partial charge in [0.2, 0.25) is 12.2 Å². The summed E-state index contributed by atoms with van der Waals surface area (Å²) < 4.78 is 25.1. The second-order valence-corrected chi connectivity index (χ2v) is 9.19. The second-order valence-electron chi connectivity index (χ2n) is 9.19. The lowest BCUT2D eigenvalue weighted by atomic mass is 9.93. The molecule has 192 valence electrons. The molecule has 0 spiro atoms. The minimum absolute atomic E-state index is 0.117. The number of ether oxygens (including phenoxy) is 5. The summed E-state index contributed by atoms with van der Waals surface area (Å²) >= 11 is 0. The Bertz CT molecular complexity index is 762. The number of esters is 3. The standard InChI is InChI=1S/C13H20O5.C11H16O5/c1-5-13(3,4)12(15)18-10(9-7-16-8-9)11(14)17-6-2;1-4-11(2,3)10(14)16-8(9(12)13)7-5-15-6-7/h5,9-10H,1,6-8H2,2-4H3;4,7-8H,1,5-6H2,2-3H3,(H,12,13). The first-order valence-electron chi connectivity index (χ1n) is 11.0. The lowest BCUT2D eigenvalue weighted by Gasteiger charge is -2.33. The van der Waals surface area contributed by atoms with Crippen LogP contribution in [0.25, 0.3) is 0 Å². The average molecular weight is 485 g/mol. The highest BCUT2D eigenvalue weighted by Gasteiger charge is 2.41. The Kier molecular flexibility index (Phi) is 10.9. The van der Waals surface area contributed by atoms with Crippen LogP contribution in [0.1, 0.15) is 34.6 Å². The van der Waals surface area contributed by atoms with Crippen molar-refractivity contribution >= 4 is 23.9 Å². The second kappa shape index (κ2) is 12.7. The van der Waals surface area contributed by atoms with Crippen molar-refractivity contribution in [1.29, 1.82) is 0 Å². The Hall–Kier alpha value is -2.72. The number of hydrogen-bond acceptors (Lipinski definition) is 9. The SMILES string of the molecule is C=CC(C)(C)C(=O)OC(C(=O)O)C1COC1.C=CC(C)(C)C(=O)OC(C(=O)OCC)C1COC1. The minimum Gasteiger partial charge on any atom is -0.478 e. The van der Waals surface area contributed by atoms with E-state index in [2.05, 4.69) is 13.2 Å². The van der Waals surface area contributed by atoms with E-state index < -0.39 is 46.9 Å². The molecular weight excluding hydrogens is 448 g/mol. The van der Waals surface area contributed by atoms with Gasteiger partial charge >= 0.3 is 23.9 Å². The van der Waals surface area contributed by atoms with Gasteiger partial charge in [0, 0.05) is 0 Å². The van der Waals surface area contributed by atoms with Crippen molar-refractivity contribution in [3.8, 4) is 0 Å². The van der Waals surface area contributed by atoms with Gasteiger partial charge < -0.3 is 28.8 Å². The number of carboxylic acids is 1. The zero-order chi connectivity index (χ0) is 26.1. The third-order valence-electron chi connectivity index (χ3n) is 5.49. The van der Waals surface area contributed by atoms with Crippen LogP contribution in [0.15, 0.2) is 25.3 Å². The van der Waals surface area contributed by atoms with E-state index >= 15 is 0 Å². The number of carbonyl (C=O) groups is 4. The Morgan fingerprint density at radius 1 is 0.882 bits per heavy atom. The molecule has 2 heterocycles. The van der Waals surface area contributed by atoms with E-state index in [0.717, 1.165) is 0 Å². The highest BCUT2D eigenvalue weighted by atomic mass is 16.6. The Morgan fingerprint density at radius 2 is 1.26 bits per heavy atom. The molecule has 2 fully saturated rings. The molecule has 0 saturated carbocycles. The van der Waals surface area contributed by atoms with Gasteiger partial charge in [-0.2, -0.15) is 0 Å². The molecule has 2 rings (SSSR count). The summed E-state index contributed by atoms with van der Waals surface area (Å²) in [4.78, 5) is 46.2. The maximum atomic E-state index is 11.9. The van der Waals surface area contributed by atoms with Crippen LogP contribution in [-0.2, 0) is 42.9 Å². The van der Waals surface area contributed by atoms with Gasteiger partial charge in [0.05, 0.1) is 55.7 Å². The molecule has 2 aliphatic rings. The minimum atomic E-state index is -1.14. The van der Waals surface area contributed by atoms with Crippen LogP contribution >= 0.6 is 0 Å². The predicted molar refractivity (Wildman–Crippen MR) is 121 cm³/mol. The molecule has 2 atom stereocenters. The molecule has 10 nitrogen and oxygen atoms in total. The van der Waals surface area contributed by atoms with Gasteiger partial charge in [0.15, 0.2) is 0 Å². The monoisotopic (exact) mass is 484 g/mol. The van der Waals surface area contributed by atoms with E-state index in [0.29, 0.717) is 26.4 Å². The fourth-order valence-corrected chi connectivity index (χ4v) is 2.47. The quantitative estimate of drug-likeness (QED) is 0.264. The van der Waals surface area contributed by atoms with E-state index in [-0.39, 0.29) is 18.4 Å². The highest BCUT2D eigenvalue weighted by molar-refractivity contribution is 5.83. The van der Waals surface area contributed by atoms with Crippen molar-refractivity contribution in [1.82, 2.24) is 0 Å². The van der Waals surface area contributed by atoms with Gasteiger partial charge in [0.25, 0.3) is 0 Å². The number of carbonyl (C=O) groups excluding carboxylic acids is 3. The first-order valence-corrected chi connectivity index (χ1v) is 11.0. The van der Waals surface area contributed by atoms with Crippen LogP contribution in [0.5, 0.6) is 0 Å². The van der Waals surface area contributed by atoms with Crippen LogP contribution in [0.3, 0.4) is 0 Å². The molecule has 0 bridgehead atoms. The van der Waals surface area contributed by atoms with Crippen LogP contribution in [0.2, 0.25) is 0 Å². The lowest BCUT2D eigenvalue weighted by molar-refractivity contribution is -0.187. The maximum Gasteiger partial charge on any atom is 0.347 e. The fourth-order valence-electron chi connectivity index (χ4n) is 2.47. The van der Waals surface area contributed by atoms with Crippen molar-refractivity contribution in [3.63, 3.8) is 0 Å². The van der Waals surface area contributed by atoms with Crippen LogP contribution < -0.4 is 0 Å². The van der Waals surface area contributed by atoms with Crippen molar-refractivity contribution in [2.45, 2.75) is 46.8 Å². The smallest absolute Gasteiger partial charge is 0.347 e. The van der Waals surface area contributed by atoms with E-state index in [9.17, 15) is 19.2 Å². The summed E-state index contributed by atoms with van der Waals surface area (Å²) in [7, 11) is 0. The molecule has 1 N–H and O–H groups in total. The highest BCUT2D eigenvalue weighted by Crippen LogP contribution is 2.25. The molecule has 0 aromatic rings. The van der Waals surface area contributed by atoms with Gasteiger partial charge in [-0.15, -0.1) is 13.2 Å². The first-order chi connectivity index (χ1) is 15.8. The Labute approximate surface area is 200 Å². The van der Waals surface area contributed by atoms with Crippen LogP contribution in [-0.4, -0.2) is 74.2 Å². The van der Waals surface area contributed by atoms with Crippen molar-refractivity contribution in [2.24, 2.45) is 22.7 Å². The molecule has 0 aliphatic carbocycles. The summed E-state index contributed by atoms with van der Waals surface area (Å²) in [6.45, 7) is 17.1. The van der Waals surface area contributed by atoms with E-state index in [4.69, 9.17) is 28.8 Å². The largest absolute Gasteiger partial charge is 0.478 e. The van der Waals surface area contributed by atoms with Gasteiger partial charge in [-0.25, -0.2) is 9.59 Å². The van der Waals surface area contributed by atoms with Gasteiger partial charge in [0.1, 0.15) is 0 Å². The molecule has 34 heavy (non-hydrogen) atoms. The van der Waals surface area contributed by atoms with E-state index in [1.54, 1.807) is 34.6 Å². The van der Waals surface area contributed by atoms with Crippen molar-refractivity contribution in [3.05, 3.63) is 25.3 Å². The maximum absolute atomic E-state index is 11.9. The van der Waals surface area contributed by atoms with E-state index in [1.165, 1.54) is 12.2 Å². The van der Waals surface area contributed by atoms with Crippen LogP contribution in [0, 0.1) is 22.7 Å². The molecule has 10 heteroatoms. The lowest BCUT2D eigenvalue weighted by Crippen LogP contribution is -2.47. The Balaban J connectivity index is 0.000000342. The first kappa shape index (κ1) is 29.3.